The molecule has 0 N–H and O–H groups in total. The third-order valence-corrected chi connectivity index (χ3v) is 7.50. The molecule has 1 atom stereocenters. The fourth-order valence-electron chi connectivity index (χ4n) is 4.59. The summed E-state index contributed by atoms with van der Waals surface area (Å²) >= 11 is 1.76. The van der Waals surface area contributed by atoms with Gasteiger partial charge >= 0.3 is 0 Å². The second kappa shape index (κ2) is 10.9. The van der Waals surface area contributed by atoms with Crippen LogP contribution in [0.2, 0.25) is 0 Å². The van der Waals surface area contributed by atoms with Gasteiger partial charge in [-0.05, 0) is 72.2 Å². The van der Waals surface area contributed by atoms with Crippen LogP contribution in [0.25, 0.3) is 0 Å². The lowest BCUT2D eigenvalue weighted by Crippen LogP contribution is -2.47. The fraction of sp³-hybridized carbons (Fsp3) is 0.357. The topological polar surface area (TPSA) is 49.9 Å². The maximum Gasteiger partial charge on any atom is 0.254 e. The maximum atomic E-state index is 13.8. The summed E-state index contributed by atoms with van der Waals surface area (Å²) in [4.78, 5) is 32.1. The highest BCUT2D eigenvalue weighted by Crippen LogP contribution is 2.39. The van der Waals surface area contributed by atoms with Crippen LogP contribution in [0.15, 0.2) is 60.0 Å². The van der Waals surface area contributed by atoms with E-state index in [0.29, 0.717) is 24.4 Å². The lowest BCUT2D eigenvalue weighted by atomic mass is 9.90. The summed E-state index contributed by atoms with van der Waals surface area (Å²) in [5.74, 6) is 0.571. The van der Waals surface area contributed by atoms with E-state index >= 15 is 0 Å². The van der Waals surface area contributed by atoms with Crippen molar-refractivity contribution in [1.82, 2.24) is 9.80 Å². The Kier molecular flexibility index (Phi) is 7.68. The van der Waals surface area contributed by atoms with Crippen LogP contribution >= 0.6 is 11.3 Å². The standard InChI is InChI=1S/C28H32N2O3S/c1-4-5-16-29(28(32)21-10-12-22(33-3)13-11-21)19-26(31)30-17-14-25-24(15-18-34-25)27(30)23-9-7-6-8-20(23)2/h6-13,15,18,27H,4-5,14,16-17,19H2,1-3H3. The van der Waals surface area contributed by atoms with E-state index in [9.17, 15) is 9.59 Å². The Morgan fingerprint density at radius 3 is 2.56 bits per heavy atom. The number of ether oxygens (including phenoxy) is 1. The van der Waals surface area contributed by atoms with Gasteiger partial charge in [0.15, 0.2) is 0 Å². The van der Waals surface area contributed by atoms with Gasteiger partial charge in [0, 0.05) is 23.5 Å². The number of fused-ring (bicyclic) bond motifs is 1. The van der Waals surface area contributed by atoms with Gasteiger partial charge in [-0.1, -0.05) is 37.6 Å². The molecule has 1 aliphatic heterocycles. The smallest absolute Gasteiger partial charge is 0.254 e. The Labute approximate surface area is 206 Å². The molecule has 178 valence electrons. The number of hydrogen-bond acceptors (Lipinski definition) is 4. The predicted octanol–water partition coefficient (Wildman–Crippen LogP) is 5.48. The zero-order valence-electron chi connectivity index (χ0n) is 20.1. The van der Waals surface area contributed by atoms with E-state index in [-0.39, 0.29) is 24.4 Å². The lowest BCUT2D eigenvalue weighted by Gasteiger charge is -2.38. The lowest BCUT2D eigenvalue weighted by molar-refractivity contribution is -0.134. The van der Waals surface area contributed by atoms with Gasteiger partial charge in [-0.3, -0.25) is 9.59 Å². The van der Waals surface area contributed by atoms with Crippen LogP contribution in [0.1, 0.15) is 57.7 Å². The third kappa shape index (κ3) is 5.02. The van der Waals surface area contributed by atoms with Crippen molar-refractivity contribution in [3.8, 4) is 5.75 Å². The average molecular weight is 477 g/mol. The number of amides is 2. The Bertz CT molecular complexity index is 1140. The number of hydrogen-bond donors (Lipinski definition) is 0. The molecule has 6 heteroatoms. The summed E-state index contributed by atoms with van der Waals surface area (Å²) < 4.78 is 5.22. The van der Waals surface area contributed by atoms with E-state index in [4.69, 9.17) is 4.74 Å². The molecule has 34 heavy (non-hydrogen) atoms. The van der Waals surface area contributed by atoms with E-state index in [0.717, 1.165) is 24.8 Å². The van der Waals surface area contributed by atoms with E-state index < -0.39 is 0 Å². The molecule has 1 aromatic heterocycles. The van der Waals surface area contributed by atoms with Crippen LogP contribution in [0, 0.1) is 6.92 Å². The predicted molar refractivity (Wildman–Crippen MR) is 137 cm³/mol. The molecule has 4 rings (SSSR count). The van der Waals surface area contributed by atoms with Crippen molar-refractivity contribution in [2.24, 2.45) is 0 Å². The quantitative estimate of drug-likeness (QED) is 0.432. The first-order chi connectivity index (χ1) is 16.5. The minimum atomic E-state index is -0.120. The van der Waals surface area contributed by atoms with Crippen LogP contribution in [0.5, 0.6) is 5.75 Å². The van der Waals surface area contributed by atoms with E-state index in [1.807, 2.05) is 17.0 Å². The van der Waals surface area contributed by atoms with Gasteiger partial charge in [-0.15, -0.1) is 11.3 Å². The largest absolute Gasteiger partial charge is 0.497 e. The van der Waals surface area contributed by atoms with Crippen molar-refractivity contribution >= 4 is 23.2 Å². The SMILES string of the molecule is CCCCN(CC(=O)N1CCc2sccc2C1c1ccccc1C)C(=O)c1ccc(OC)cc1. The van der Waals surface area contributed by atoms with Crippen LogP contribution in [0.3, 0.4) is 0 Å². The average Bonchev–Trinajstić information content (AvgIpc) is 3.35. The molecule has 0 spiro atoms. The number of carbonyl (C=O) groups excluding carboxylic acids is 2. The number of carbonyl (C=O) groups is 2. The molecule has 0 bridgehead atoms. The highest BCUT2D eigenvalue weighted by atomic mass is 32.1. The zero-order valence-corrected chi connectivity index (χ0v) is 20.9. The molecule has 0 aliphatic carbocycles. The summed E-state index contributed by atoms with van der Waals surface area (Å²) in [6, 6.07) is 17.4. The number of methoxy groups -OCH3 is 1. The zero-order chi connectivity index (χ0) is 24.1. The Morgan fingerprint density at radius 2 is 1.85 bits per heavy atom. The molecule has 0 saturated carbocycles. The van der Waals surface area contributed by atoms with Crippen LogP contribution in [0.4, 0.5) is 0 Å². The maximum absolute atomic E-state index is 13.8. The summed E-state index contributed by atoms with van der Waals surface area (Å²) in [5.41, 5.74) is 4.10. The summed E-state index contributed by atoms with van der Waals surface area (Å²) in [6.07, 6.45) is 2.65. The van der Waals surface area contributed by atoms with Crippen molar-refractivity contribution in [3.05, 3.63) is 87.1 Å². The van der Waals surface area contributed by atoms with Gasteiger partial charge in [0.2, 0.25) is 5.91 Å². The Balaban J connectivity index is 1.60. The normalized spacial score (nSPS) is 15.0. The number of benzene rings is 2. The highest BCUT2D eigenvalue weighted by molar-refractivity contribution is 7.10. The first-order valence-electron chi connectivity index (χ1n) is 11.9. The van der Waals surface area contributed by atoms with Gasteiger partial charge < -0.3 is 14.5 Å². The number of rotatable bonds is 8. The molecule has 0 radical (unpaired) electrons. The van der Waals surface area contributed by atoms with Gasteiger partial charge in [-0.25, -0.2) is 0 Å². The van der Waals surface area contributed by atoms with Crippen LogP contribution < -0.4 is 4.74 Å². The third-order valence-electron chi connectivity index (χ3n) is 6.50. The van der Waals surface area contributed by atoms with Crippen molar-refractivity contribution < 1.29 is 14.3 Å². The second-order valence-corrected chi connectivity index (χ2v) is 9.70. The monoisotopic (exact) mass is 476 g/mol. The minimum Gasteiger partial charge on any atom is -0.497 e. The Hall–Kier alpha value is -3.12. The molecule has 2 amide bonds. The van der Waals surface area contributed by atoms with Crippen LogP contribution in [-0.4, -0.2) is 48.4 Å². The highest BCUT2D eigenvalue weighted by Gasteiger charge is 2.34. The van der Waals surface area contributed by atoms with Crippen molar-refractivity contribution in [1.29, 1.82) is 0 Å². The minimum absolute atomic E-state index is 0.0110. The molecule has 1 unspecified atom stereocenters. The number of unbranched alkanes of at least 4 members (excludes halogenated alkanes) is 1. The molecule has 2 heterocycles. The first kappa shape index (κ1) is 24.0. The van der Waals surface area contributed by atoms with Gasteiger partial charge in [0.1, 0.15) is 12.3 Å². The van der Waals surface area contributed by atoms with Crippen molar-refractivity contribution in [2.75, 3.05) is 26.7 Å². The summed E-state index contributed by atoms with van der Waals surface area (Å²) in [7, 11) is 1.60. The first-order valence-corrected chi connectivity index (χ1v) is 12.8. The van der Waals surface area contributed by atoms with E-state index in [2.05, 4.69) is 37.4 Å². The van der Waals surface area contributed by atoms with Crippen molar-refractivity contribution in [3.63, 3.8) is 0 Å². The molecule has 5 nitrogen and oxygen atoms in total. The number of aryl methyl sites for hydroxylation is 1. The summed E-state index contributed by atoms with van der Waals surface area (Å²) in [5, 5.41) is 2.12. The number of nitrogens with zero attached hydrogens (tertiary/aromatic N) is 2. The molecule has 1 aliphatic rings. The molecule has 0 fully saturated rings. The van der Waals surface area contributed by atoms with E-state index in [1.165, 1.54) is 16.0 Å². The Morgan fingerprint density at radius 1 is 1.09 bits per heavy atom. The van der Waals surface area contributed by atoms with Crippen molar-refractivity contribution in [2.45, 2.75) is 39.2 Å². The second-order valence-electron chi connectivity index (χ2n) is 8.70. The van der Waals surface area contributed by atoms with Crippen LogP contribution in [-0.2, 0) is 11.2 Å². The molecule has 0 saturated heterocycles. The molecular formula is C28H32N2O3S. The molecule has 2 aromatic carbocycles. The van der Waals surface area contributed by atoms with Gasteiger partial charge in [0.25, 0.3) is 5.91 Å². The fourth-order valence-corrected chi connectivity index (χ4v) is 5.49. The molecular weight excluding hydrogens is 444 g/mol. The van der Waals surface area contributed by atoms with E-state index in [1.54, 1.807) is 47.6 Å². The van der Waals surface area contributed by atoms with Gasteiger partial charge in [0.05, 0.1) is 13.2 Å². The molecule has 3 aromatic rings. The summed E-state index contributed by atoms with van der Waals surface area (Å²) in [6.45, 7) is 5.48. The van der Waals surface area contributed by atoms with Gasteiger partial charge in [-0.2, -0.15) is 0 Å². The number of thiophene rings is 1.